The lowest BCUT2D eigenvalue weighted by molar-refractivity contribution is -0.115. The summed E-state index contributed by atoms with van der Waals surface area (Å²) in [7, 11) is 1.84. The number of esters is 1. The van der Waals surface area contributed by atoms with Crippen LogP contribution >= 0.6 is 23.1 Å². The van der Waals surface area contributed by atoms with E-state index in [1.54, 1.807) is 17.8 Å². The second-order valence-corrected chi connectivity index (χ2v) is 8.88. The molecule has 1 atom stereocenters. The summed E-state index contributed by atoms with van der Waals surface area (Å²) in [5.74, 6) is -0.509. The van der Waals surface area contributed by atoms with Crippen LogP contribution < -0.4 is 5.32 Å². The van der Waals surface area contributed by atoms with Crippen LogP contribution in [0.2, 0.25) is 0 Å². The number of thiophene rings is 1. The average Bonchev–Trinajstić information content (AvgIpc) is 3.10. The number of carbonyl (C=O) groups excluding carboxylic acids is 2. The van der Waals surface area contributed by atoms with E-state index in [1.165, 1.54) is 28.0 Å². The number of thioether (sulfide) groups is 1. The summed E-state index contributed by atoms with van der Waals surface area (Å²) in [4.78, 5) is 26.5. The average molecular weight is 409 g/mol. The SMILES string of the molecule is CCOC(=O)c1c(NC(=O)[C@H](C)Sc2nncn2C)sc2c1CCCCC2. The van der Waals surface area contributed by atoms with Crippen LogP contribution in [0.3, 0.4) is 0 Å². The third-order valence-corrected chi connectivity index (χ3v) is 6.81. The van der Waals surface area contributed by atoms with E-state index in [2.05, 4.69) is 15.5 Å². The molecule has 0 saturated heterocycles. The molecule has 1 amide bonds. The van der Waals surface area contributed by atoms with E-state index in [0.717, 1.165) is 37.7 Å². The molecular formula is C18H24N4O3S2. The second-order valence-electron chi connectivity index (χ2n) is 6.46. The molecule has 2 aromatic rings. The molecule has 0 aromatic carbocycles. The Bertz CT molecular complexity index is 831. The maximum absolute atomic E-state index is 12.7. The summed E-state index contributed by atoms with van der Waals surface area (Å²) in [6, 6.07) is 0. The molecule has 1 aliphatic rings. The Morgan fingerprint density at radius 2 is 2.15 bits per heavy atom. The Kier molecular flexibility index (Phi) is 6.54. The first kappa shape index (κ1) is 19.9. The minimum Gasteiger partial charge on any atom is -0.462 e. The zero-order valence-electron chi connectivity index (χ0n) is 15.8. The molecule has 9 heteroatoms. The molecule has 0 spiro atoms. The number of carbonyl (C=O) groups is 2. The van der Waals surface area contributed by atoms with Gasteiger partial charge < -0.3 is 14.6 Å². The maximum atomic E-state index is 12.7. The quantitative estimate of drug-likeness (QED) is 0.448. The number of hydrogen-bond donors (Lipinski definition) is 1. The largest absolute Gasteiger partial charge is 0.462 e. The first-order valence-electron chi connectivity index (χ1n) is 9.14. The van der Waals surface area contributed by atoms with Crippen molar-refractivity contribution in [2.45, 2.75) is 56.4 Å². The summed E-state index contributed by atoms with van der Waals surface area (Å²) in [5, 5.41) is 11.7. The smallest absolute Gasteiger partial charge is 0.341 e. The number of ether oxygens (including phenoxy) is 1. The highest BCUT2D eigenvalue weighted by atomic mass is 32.2. The fourth-order valence-electron chi connectivity index (χ4n) is 3.05. The molecule has 3 rings (SSSR count). The van der Waals surface area contributed by atoms with Gasteiger partial charge in [-0.1, -0.05) is 18.2 Å². The predicted octanol–water partition coefficient (Wildman–Crippen LogP) is 3.44. The van der Waals surface area contributed by atoms with Gasteiger partial charge in [0.1, 0.15) is 11.3 Å². The highest BCUT2D eigenvalue weighted by Crippen LogP contribution is 2.38. The second kappa shape index (κ2) is 8.88. The lowest BCUT2D eigenvalue weighted by Gasteiger charge is -2.12. The fourth-order valence-corrected chi connectivity index (χ4v) is 5.12. The first-order chi connectivity index (χ1) is 13.0. The van der Waals surface area contributed by atoms with Gasteiger partial charge in [-0.2, -0.15) is 0 Å². The normalized spacial score (nSPS) is 14.9. The summed E-state index contributed by atoms with van der Waals surface area (Å²) in [5.41, 5.74) is 1.60. The van der Waals surface area contributed by atoms with Gasteiger partial charge >= 0.3 is 5.97 Å². The number of fused-ring (bicyclic) bond motifs is 1. The van der Waals surface area contributed by atoms with Crippen molar-refractivity contribution in [2.75, 3.05) is 11.9 Å². The van der Waals surface area contributed by atoms with Crippen LogP contribution in [0.1, 0.15) is 53.9 Å². The molecule has 7 nitrogen and oxygen atoms in total. The van der Waals surface area contributed by atoms with E-state index in [4.69, 9.17) is 4.74 Å². The van der Waals surface area contributed by atoms with Gasteiger partial charge in [0.15, 0.2) is 5.16 Å². The molecule has 0 saturated carbocycles. The minimum atomic E-state index is -0.371. The van der Waals surface area contributed by atoms with Crippen molar-refractivity contribution in [3.05, 3.63) is 22.3 Å². The number of aryl methyl sites for hydroxylation is 2. The van der Waals surface area contributed by atoms with Gasteiger partial charge in [0.25, 0.3) is 0 Å². The van der Waals surface area contributed by atoms with E-state index in [9.17, 15) is 9.59 Å². The molecule has 2 heterocycles. The van der Waals surface area contributed by atoms with E-state index >= 15 is 0 Å². The van der Waals surface area contributed by atoms with Crippen molar-refractivity contribution in [3.63, 3.8) is 0 Å². The third kappa shape index (κ3) is 4.52. The molecule has 1 N–H and O–H groups in total. The number of nitrogens with zero attached hydrogens (tertiary/aromatic N) is 3. The number of amides is 1. The van der Waals surface area contributed by atoms with Gasteiger partial charge in [-0.3, -0.25) is 4.79 Å². The summed E-state index contributed by atoms with van der Waals surface area (Å²) >= 11 is 2.84. The lowest BCUT2D eigenvalue weighted by Crippen LogP contribution is -2.23. The maximum Gasteiger partial charge on any atom is 0.341 e. The van der Waals surface area contributed by atoms with Crippen LogP contribution in [0.5, 0.6) is 0 Å². The van der Waals surface area contributed by atoms with Crippen LogP contribution in [0, 0.1) is 0 Å². The zero-order valence-corrected chi connectivity index (χ0v) is 17.4. The Hall–Kier alpha value is -1.87. The van der Waals surface area contributed by atoms with Crippen molar-refractivity contribution < 1.29 is 14.3 Å². The summed E-state index contributed by atoms with van der Waals surface area (Å²) in [6.45, 7) is 3.92. The van der Waals surface area contributed by atoms with E-state index < -0.39 is 0 Å². The van der Waals surface area contributed by atoms with Crippen molar-refractivity contribution in [1.29, 1.82) is 0 Å². The molecule has 2 aromatic heterocycles. The van der Waals surface area contributed by atoms with Gasteiger partial charge in [0.05, 0.1) is 17.4 Å². The van der Waals surface area contributed by atoms with Crippen molar-refractivity contribution in [1.82, 2.24) is 14.8 Å². The highest BCUT2D eigenvalue weighted by Gasteiger charge is 2.28. The van der Waals surface area contributed by atoms with E-state index in [0.29, 0.717) is 22.3 Å². The Balaban J connectivity index is 1.81. The van der Waals surface area contributed by atoms with Crippen LogP contribution in [0.4, 0.5) is 5.00 Å². The van der Waals surface area contributed by atoms with Crippen LogP contribution in [0.15, 0.2) is 11.5 Å². The van der Waals surface area contributed by atoms with Crippen molar-refractivity contribution in [2.24, 2.45) is 7.05 Å². The minimum absolute atomic E-state index is 0.162. The summed E-state index contributed by atoms with van der Waals surface area (Å²) in [6.07, 6.45) is 6.74. The molecule has 0 aliphatic heterocycles. The van der Waals surface area contributed by atoms with Crippen molar-refractivity contribution >= 4 is 40.0 Å². The van der Waals surface area contributed by atoms with Gasteiger partial charge in [0, 0.05) is 11.9 Å². The van der Waals surface area contributed by atoms with E-state index in [1.807, 2.05) is 14.0 Å². The van der Waals surface area contributed by atoms with Crippen LogP contribution in [-0.2, 0) is 29.4 Å². The first-order valence-corrected chi connectivity index (χ1v) is 10.8. The topological polar surface area (TPSA) is 86.1 Å². The van der Waals surface area contributed by atoms with Crippen molar-refractivity contribution in [3.8, 4) is 0 Å². The summed E-state index contributed by atoms with van der Waals surface area (Å²) < 4.78 is 7.04. The number of aromatic nitrogens is 3. The number of nitrogens with one attached hydrogen (secondary N) is 1. The molecular weight excluding hydrogens is 384 g/mol. The Morgan fingerprint density at radius 1 is 1.37 bits per heavy atom. The monoisotopic (exact) mass is 408 g/mol. The predicted molar refractivity (Wildman–Crippen MR) is 106 cm³/mol. The number of rotatable bonds is 6. The molecule has 0 bridgehead atoms. The Labute approximate surface area is 166 Å². The molecule has 0 fully saturated rings. The number of hydrogen-bond acceptors (Lipinski definition) is 7. The van der Waals surface area contributed by atoms with Crippen LogP contribution in [-0.4, -0.2) is 38.5 Å². The standard InChI is InChI=1S/C18H24N4O3S2/c1-4-25-17(24)14-12-8-6-5-7-9-13(12)27-16(14)20-15(23)11(2)26-18-21-19-10-22(18)3/h10-11H,4-9H2,1-3H3,(H,20,23)/t11-/m0/s1. The van der Waals surface area contributed by atoms with Gasteiger partial charge in [-0.25, -0.2) is 4.79 Å². The van der Waals surface area contributed by atoms with Gasteiger partial charge in [-0.15, -0.1) is 21.5 Å². The highest BCUT2D eigenvalue weighted by molar-refractivity contribution is 8.00. The molecule has 146 valence electrons. The molecule has 0 radical (unpaired) electrons. The molecule has 0 unspecified atom stereocenters. The van der Waals surface area contributed by atoms with Gasteiger partial charge in [-0.05, 0) is 45.1 Å². The third-order valence-electron chi connectivity index (χ3n) is 4.46. The fraction of sp³-hybridized carbons (Fsp3) is 0.556. The van der Waals surface area contributed by atoms with E-state index in [-0.39, 0.29) is 17.1 Å². The molecule has 27 heavy (non-hydrogen) atoms. The Morgan fingerprint density at radius 3 is 2.85 bits per heavy atom. The van der Waals surface area contributed by atoms with Crippen LogP contribution in [0.25, 0.3) is 0 Å². The molecule has 1 aliphatic carbocycles. The van der Waals surface area contributed by atoms with Gasteiger partial charge in [0.2, 0.25) is 5.91 Å². The zero-order chi connectivity index (χ0) is 19.4. The number of anilines is 1. The lowest BCUT2D eigenvalue weighted by atomic mass is 10.1.